The maximum absolute atomic E-state index is 2.78. The lowest BCUT2D eigenvalue weighted by atomic mass is 9.82. The van der Waals surface area contributed by atoms with Gasteiger partial charge in [-0.15, -0.1) is 9.24 Å². The summed E-state index contributed by atoms with van der Waals surface area (Å²) < 4.78 is 0. The van der Waals surface area contributed by atoms with Gasteiger partial charge in [-0.25, -0.2) is 0 Å². The van der Waals surface area contributed by atoms with Crippen LogP contribution in [0.3, 0.4) is 0 Å². The molecule has 0 aliphatic heterocycles. The molecule has 1 aliphatic rings. The van der Waals surface area contributed by atoms with Crippen molar-refractivity contribution in [1.29, 1.82) is 0 Å². The Hall–Kier alpha value is -1.13. The van der Waals surface area contributed by atoms with E-state index in [2.05, 4.69) is 65.6 Å². The Morgan fingerprint density at radius 1 is 0.875 bits per heavy atom. The monoisotopic (exact) mass is 226 g/mol. The second kappa shape index (κ2) is 3.18. The maximum Gasteiger partial charge on any atom is 0.0158 e. The van der Waals surface area contributed by atoms with Crippen LogP contribution in [0.4, 0.5) is 0 Å². The predicted molar refractivity (Wildman–Crippen MR) is 73.4 cm³/mol. The first-order valence-electron chi connectivity index (χ1n) is 5.60. The van der Waals surface area contributed by atoms with Crippen LogP contribution in [0.2, 0.25) is 0 Å². The lowest BCUT2D eigenvalue weighted by molar-refractivity contribution is 0.660. The van der Waals surface area contributed by atoms with Crippen molar-refractivity contribution in [2.24, 2.45) is 0 Å². The van der Waals surface area contributed by atoms with Gasteiger partial charge in [0.2, 0.25) is 0 Å². The van der Waals surface area contributed by atoms with Crippen LogP contribution in [0, 0.1) is 0 Å². The minimum absolute atomic E-state index is 0.143. The summed E-state index contributed by atoms with van der Waals surface area (Å²) in [5, 5.41) is 1.26. The Labute approximate surface area is 98.9 Å². The molecule has 0 nitrogen and oxygen atoms in total. The fourth-order valence-electron chi connectivity index (χ4n) is 2.74. The Morgan fingerprint density at radius 2 is 1.56 bits per heavy atom. The summed E-state index contributed by atoms with van der Waals surface area (Å²) in [4.78, 5) is 0. The molecule has 1 unspecified atom stereocenters. The predicted octanol–water partition coefficient (Wildman–Crippen LogP) is 3.49. The first kappa shape index (κ1) is 10.1. The Bertz CT molecular complexity index is 567. The summed E-state index contributed by atoms with van der Waals surface area (Å²) in [5.74, 6) is 0. The normalized spacial score (nSPS) is 15.7. The molecule has 0 amide bonds. The van der Waals surface area contributed by atoms with Crippen molar-refractivity contribution in [2.45, 2.75) is 19.3 Å². The molecule has 0 saturated carbocycles. The molecule has 0 bridgehead atoms. The van der Waals surface area contributed by atoms with Crippen molar-refractivity contribution in [2.75, 3.05) is 0 Å². The fraction of sp³-hybridized carbons (Fsp3) is 0.200. The minimum atomic E-state index is 0.143. The van der Waals surface area contributed by atoms with E-state index in [4.69, 9.17) is 0 Å². The molecule has 3 rings (SSSR count). The fourth-order valence-corrected chi connectivity index (χ4v) is 3.00. The summed E-state index contributed by atoms with van der Waals surface area (Å²) in [5.41, 5.74) is 5.82. The molecule has 2 aromatic carbocycles. The zero-order valence-corrected chi connectivity index (χ0v) is 10.8. The molecular formula is C15H15P. The van der Waals surface area contributed by atoms with Crippen molar-refractivity contribution >= 4 is 14.5 Å². The quantitative estimate of drug-likeness (QED) is 0.603. The molecule has 1 aliphatic carbocycles. The van der Waals surface area contributed by atoms with E-state index in [0.717, 1.165) is 0 Å². The second-order valence-corrected chi connectivity index (χ2v) is 5.64. The van der Waals surface area contributed by atoms with Gasteiger partial charge in [0.05, 0.1) is 0 Å². The maximum atomic E-state index is 2.78. The molecule has 80 valence electrons. The third kappa shape index (κ3) is 1.20. The van der Waals surface area contributed by atoms with Crippen LogP contribution in [-0.4, -0.2) is 0 Å². The van der Waals surface area contributed by atoms with Gasteiger partial charge in [0.1, 0.15) is 0 Å². The average molecular weight is 226 g/mol. The average Bonchev–Trinajstić information content (AvgIpc) is 2.49. The SMILES string of the molecule is CC1(C)c2ccccc2-c2cc(P)ccc21. The van der Waals surface area contributed by atoms with Crippen LogP contribution < -0.4 is 5.30 Å². The smallest absolute Gasteiger partial charge is 0.0158 e. The topological polar surface area (TPSA) is 0 Å². The van der Waals surface area contributed by atoms with Gasteiger partial charge in [0, 0.05) is 5.41 Å². The first-order chi connectivity index (χ1) is 7.60. The zero-order valence-electron chi connectivity index (χ0n) is 9.62. The van der Waals surface area contributed by atoms with Crippen LogP contribution >= 0.6 is 9.24 Å². The highest BCUT2D eigenvalue weighted by molar-refractivity contribution is 7.27. The highest BCUT2D eigenvalue weighted by atomic mass is 31.0. The van der Waals surface area contributed by atoms with Crippen LogP contribution in [0.1, 0.15) is 25.0 Å². The highest BCUT2D eigenvalue weighted by Crippen LogP contribution is 2.47. The van der Waals surface area contributed by atoms with E-state index >= 15 is 0 Å². The summed E-state index contributed by atoms with van der Waals surface area (Å²) in [6.07, 6.45) is 0. The van der Waals surface area contributed by atoms with E-state index in [1.165, 1.54) is 27.6 Å². The molecule has 0 aromatic heterocycles. The largest absolute Gasteiger partial charge is 0.106 e. The first-order valence-corrected chi connectivity index (χ1v) is 6.18. The highest BCUT2D eigenvalue weighted by Gasteiger charge is 2.34. The van der Waals surface area contributed by atoms with E-state index in [0.29, 0.717) is 0 Å². The standard InChI is InChI=1S/C15H15P/c1-15(2)13-6-4-3-5-11(13)12-9-10(16)7-8-14(12)15/h3-9H,16H2,1-2H3. The van der Waals surface area contributed by atoms with Crippen LogP contribution in [0.25, 0.3) is 11.1 Å². The number of hydrogen-bond donors (Lipinski definition) is 0. The molecule has 0 N–H and O–H groups in total. The summed E-state index contributed by atoms with van der Waals surface area (Å²) >= 11 is 0. The molecule has 1 atom stereocenters. The Balaban J connectivity index is 2.40. The summed E-state index contributed by atoms with van der Waals surface area (Å²) in [6.45, 7) is 4.61. The van der Waals surface area contributed by atoms with Gasteiger partial charge >= 0.3 is 0 Å². The summed E-state index contributed by atoms with van der Waals surface area (Å²) in [7, 11) is 2.78. The molecule has 0 heterocycles. The van der Waals surface area contributed by atoms with Crippen LogP contribution in [-0.2, 0) is 5.41 Å². The number of rotatable bonds is 0. The van der Waals surface area contributed by atoms with E-state index in [1.54, 1.807) is 0 Å². The van der Waals surface area contributed by atoms with Crippen LogP contribution in [0.15, 0.2) is 42.5 Å². The van der Waals surface area contributed by atoms with Crippen molar-refractivity contribution in [3.63, 3.8) is 0 Å². The van der Waals surface area contributed by atoms with Crippen molar-refractivity contribution in [1.82, 2.24) is 0 Å². The molecule has 0 fully saturated rings. The van der Waals surface area contributed by atoms with E-state index < -0.39 is 0 Å². The number of fused-ring (bicyclic) bond motifs is 3. The van der Waals surface area contributed by atoms with E-state index in [9.17, 15) is 0 Å². The van der Waals surface area contributed by atoms with Gasteiger partial charge in [0.15, 0.2) is 0 Å². The van der Waals surface area contributed by atoms with E-state index in [1.807, 2.05) is 0 Å². The lowest BCUT2D eigenvalue weighted by Gasteiger charge is -2.21. The lowest BCUT2D eigenvalue weighted by Crippen LogP contribution is -2.15. The van der Waals surface area contributed by atoms with Gasteiger partial charge in [-0.1, -0.05) is 50.2 Å². The molecular weight excluding hydrogens is 211 g/mol. The van der Waals surface area contributed by atoms with Crippen LogP contribution in [0.5, 0.6) is 0 Å². The van der Waals surface area contributed by atoms with E-state index in [-0.39, 0.29) is 5.41 Å². The molecule has 2 aromatic rings. The van der Waals surface area contributed by atoms with Gasteiger partial charge in [-0.2, -0.15) is 0 Å². The van der Waals surface area contributed by atoms with Crippen molar-refractivity contribution in [3.05, 3.63) is 53.6 Å². The van der Waals surface area contributed by atoms with Crippen molar-refractivity contribution < 1.29 is 0 Å². The molecule has 0 spiro atoms. The summed E-state index contributed by atoms with van der Waals surface area (Å²) in [6, 6.07) is 15.4. The molecule has 0 saturated heterocycles. The second-order valence-electron chi connectivity index (χ2n) is 4.98. The van der Waals surface area contributed by atoms with Crippen molar-refractivity contribution in [3.8, 4) is 11.1 Å². The van der Waals surface area contributed by atoms with Gasteiger partial charge in [0.25, 0.3) is 0 Å². The van der Waals surface area contributed by atoms with Gasteiger partial charge in [-0.05, 0) is 33.6 Å². The zero-order chi connectivity index (χ0) is 11.3. The van der Waals surface area contributed by atoms with Gasteiger partial charge in [-0.3, -0.25) is 0 Å². The van der Waals surface area contributed by atoms with Gasteiger partial charge < -0.3 is 0 Å². The minimum Gasteiger partial charge on any atom is -0.106 e. The molecule has 0 radical (unpaired) electrons. The molecule has 16 heavy (non-hydrogen) atoms. The molecule has 1 heteroatoms. The number of benzene rings is 2. The Morgan fingerprint density at radius 3 is 2.38 bits per heavy atom. The third-order valence-corrected chi connectivity index (χ3v) is 3.97. The third-order valence-electron chi connectivity index (χ3n) is 3.61. The number of hydrogen-bond acceptors (Lipinski definition) is 0. The Kier molecular flexibility index (Phi) is 2.00.